The van der Waals surface area contributed by atoms with Crippen molar-refractivity contribution in [3.63, 3.8) is 0 Å². The summed E-state index contributed by atoms with van der Waals surface area (Å²) < 4.78 is 10.5. The average molecular weight is 321 g/mol. The number of ether oxygens (including phenoxy) is 2. The number of likely N-dealkylation sites (N-methyl/N-ethyl adjacent to an activating group) is 1. The maximum atomic E-state index is 12.2. The van der Waals surface area contributed by atoms with Crippen molar-refractivity contribution >= 4 is 17.5 Å². The zero-order chi connectivity index (χ0) is 15.9. The van der Waals surface area contributed by atoms with Gasteiger partial charge in [-0.2, -0.15) is 0 Å². The summed E-state index contributed by atoms with van der Waals surface area (Å²) in [7, 11) is 3.25. The van der Waals surface area contributed by atoms with E-state index in [1.165, 1.54) is 13.3 Å². The Labute approximate surface area is 134 Å². The van der Waals surface area contributed by atoms with E-state index in [2.05, 4.69) is 4.98 Å². The van der Waals surface area contributed by atoms with Crippen molar-refractivity contribution in [3.8, 4) is 11.6 Å². The van der Waals surface area contributed by atoms with Gasteiger partial charge in [0.05, 0.1) is 19.2 Å². The number of carbonyl (C=O) groups excluding carboxylic acids is 1. The number of methoxy groups -OCH3 is 1. The first-order valence-corrected chi connectivity index (χ1v) is 7.12. The van der Waals surface area contributed by atoms with Crippen LogP contribution in [-0.2, 0) is 0 Å². The summed E-state index contributed by atoms with van der Waals surface area (Å²) in [5.74, 6) is 1.08. The topological polar surface area (TPSA) is 51.7 Å². The molecule has 1 heterocycles. The molecule has 0 aliphatic carbocycles. The van der Waals surface area contributed by atoms with Gasteiger partial charge in [0, 0.05) is 24.3 Å². The zero-order valence-electron chi connectivity index (χ0n) is 12.5. The van der Waals surface area contributed by atoms with Gasteiger partial charge in [0.15, 0.2) is 0 Å². The number of carbonyl (C=O) groups is 1. The summed E-state index contributed by atoms with van der Waals surface area (Å²) in [5.41, 5.74) is 0.509. The van der Waals surface area contributed by atoms with E-state index in [0.717, 1.165) is 5.75 Å². The lowest BCUT2D eigenvalue weighted by atomic mass is 10.2. The molecule has 116 valence electrons. The molecule has 5 nitrogen and oxygen atoms in total. The summed E-state index contributed by atoms with van der Waals surface area (Å²) in [4.78, 5) is 17.8. The van der Waals surface area contributed by atoms with Crippen LogP contribution in [0.25, 0.3) is 0 Å². The standard InChI is InChI=1S/C16H17ClN2O3/c1-19(9-10-22-14-6-4-13(17)5-7-14)16(20)12-3-8-15(21-2)18-11-12/h3-8,11H,9-10H2,1-2H3. The van der Waals surface area contributed by atoms with Crippen LogP contribution in [0.1, 0.15) is 10.4 Å². The number of amides is 1. The normalized spacial score (nSPS) is 10.1. The SMILES string of the molecule is COc1ccc(C(=O)N(C)CCOc2ccc(Cl)cc2)cn1. The van der Waals surface area contributed by atoms with Crippen LogP contribution in [0.3, 0.4) is 0 Å². The Bertz CT molecular complexity index is 614. The van der Waals surface area contributed by atoms with E-state index in [-0.39, 0.29) is 5.91 Å². The molecule has 2 aromatic rings. The molecule has 0 unspecified atom stereocenters. The van der Waals surface area contributed by atoms with E-state index in [4.69, 9.17) is 21.1 Å². The lowest BCUT2D eigenvalue weighted by Gasteiger charge is -2.17. The van der Waals surface area contributed by atoms with Crippen LogP contribution in [0.4, 0.5) is 0 Å². The average Bonchev–Trinajstić information content (AvgIpc) is 2.56. The fourth-order valence-electron chi connectivity index (χ4n) is 1.78. The minimum absolute atomic E-state index is 0.116. The Balaban J connectivity index is 1.84. The molecule has 0 spiro atoms. The number of pyridine rings is 1. The second-order valence-corrected chi connectivity index (χ2v) is 5.05. The second kappa shape index (κ2) is 7.66. The minimum atomic E-state index is -0.116. The van der Waals surface area contributed by atoms with Crippen molar-refractivity contribution in [2.24, 2.45) is 0 Å². The van der Waals surface area contributed by atoms with Crippen LogP contribution in [-0.4, -0.2) is 43.1 Å². The first kappa shape index (κ1) is 16.1. The van der Waals surface area contributed by atoms with Gasteiger partial charge in [0.2, 0.25) is 5.88 Å². The second-order valence-electron chi connectivity index (χ2n) is 4.62. The molecule has 0 bridgehead atoms. The molecule has 1 aromatic heterocycles. The van der Waals surface area contributed by atoms with E-state index in [9.17, 15) is 4.79 Å². The lowest BCUT2D eigenvalue weighted by molar-refractivity contribution is 0.0773. The highest BCUT2D eigenvalue weighted by molar-refractivity contribution is 6.30. The molecule has 22 heavy (non-hydrogen) atoms. The third kappa shape index (κ3) is 4.36. The third-order valence-corrected chi connectivity index (χ3v) is 3.30. The summed E-state index contributed by atoms with van der Waals surface area (Å²) >= 11 is 5.80. The highest BCUT2D eigenvalue weighted by Gasteiger charge is 2.12. The molecule has 1 aromatic carbocycles. The number of halogens is 1. The Hall–Kier alpha value is -2.27. The number of nitrogens with zero attached hydrogens (tertiary/aromatic N) is 2. The van der Waals surface area contributed by atoms with Gasteiger partial charge in [-0.3, -0.25) is 4.79 Å². The highest BCUT2D eigenvalue weighted by atomic mass is 35.5. The monoisotopic (exact) mass is 320 g/mol. The van der Waals surface area contributed by atoms with Gasteiger partial charge in [-0.25, -0.2) is 4.98 Å². The largest absolute Gasteiger partial charge is 0.492 e. The molecule has 0 saturated heterocycles. The summed E-state index contributed by atoms with van der Waals surface area (Å²) in [6.45, 7) is 0.862. The molecule has 1 amide bonds. The molecule has 0 radical (unpaired) electrons. The molecular weight excluding hydrogens is 304 g/mol. The van der Waals surface area contributed by atoms with Crippen LogP contribution in [0.15, 0.2) is 42.6 Å². The van der Waals surface area contributed by atoms with Crippen LogP contribution in [0, 0.1) is 0 Å². The molecule has 6 heteroatoms. The van der Waals surface area contributed by atoms with Crippen LogP contribution < -0.4 is 9.47 Å². The van der Waals surface area contributed by atoms with Gasteiger partial charge in [-0.1, -0.05) is 11.6 Å². The van der Waals surface area contributed by atoms with E-state index in [0.29, 0.717) is 29.6 Å². The van der Waals surface area contributed by atoms with E-state index in [1.807, 2.05) is 0 Å². The zero-order valence-corrected chi connectivity index (χ0v) is 13.2. The molecule has 0 N–H and O–H groups in total. The quantitative estimate of drug-likeness (QED) is 0.821. The molecular formula is C16H17ClN2O3. The maximum Gasteiger partial charge on any atom is 0.255 e. The Kier molecular flexibility index (Phi) is 5.61. The number of benzene rings is 1. The first-order chi connectivity index (χ1) is 10.6. The number of hydrogen-bond donors (Lipinski definition) is 0. The molecule has 0 fully saturated rings. The van der Waals surface area contributed by atoms with Crippen LogP contribution in [0.2, 0.25) is 5.02 Å². The van der Waals surface area contributed by atoms with E-state index < -0.39 is 0 Å². The van der Waals surface area contributed by atoms with Crippen molar-refractivity contribution in [2.45, 2.75) is 0 Å². The van der Waals surface area contributed by atoms with Gasteiger partial charge in [-0.15, -0.1) is 0 Å². The summed E-state index contributed by atoms with van der Waals surface area (Å²) in [6, 6.07) is 10.4. The van der Waals surface area contributed by atoms with Crippen molar-refractivity contribution in [1.29, 1.82) is 0 Å². The van der Waals surface area contributed by atoms with Crippen molar-refractivity contribution in [2.75, 3.05) is 27.3 Å². The minimum Gasteiger partial charge on any atom is -0.492 e. The van der Waals surface area contributed by atoms with E-state index >= 15 is 0 Å². The fraction of sp³-hybridized carbons (Fsp3) is 0.250. The predicted molar refractivity (Wildman–Crippen MR) is 84.7 cm³/mol. The van der Waals surface area contributed by atoms with Crippen LogP contribution in [0.5, 0.6) is 11.6 Å². The summed E-state index contributed by atoms with van der Waals surface area (Å²) in [5, 5.41) is 0.659. The summed E-state index contributed by atoms with van der Waals surface area (Å²) in [6.07, 6.45) is 1.50. The van der Waals surface area contributed by atoms with Crippen molar-refractivity contribution in [3.05, 3.63) is 53.2 Å². The number of rotatable bonds is 6. The molecule has 0 aliphatic rings. The van der Waals surface area contributed by atoms with Gasteiger partial charge in [0.1, 0.15) is 12.4 Å². The van der Waals surface area contributed by atoms with Gasteiger partial charge >= 0.3 is 0 Å². The first-order valence-electron chi connectivity index (χ1n) is 6.74. The fourth-order valence-corrected chi connectivity index (χ4v) is 1.91. The predicted octanol–water partition coefficient (Wildman–Crippen LogP) is 2.89. The van der Waals surface area contributed by atoms with Crippen molar-refractivity contribution in [1.82, 2.24) is 9.88 Å². The Morgan fingerprint density at radius 3 is 2.55 bits per heavy atom. The van der Waals surface area contributed by atoms with Crippen molar-refractivity contribution < 1.29 is 14.3 Å². The lowest BCUT2D eigenvalue weighted by Crippen LogP contribution is -2.30. The molecule has 0 atom stereocenters. The molecule has 0 saturated carbocycles. The van der Waals surface area contributed by atoms with Gasteiger partial charge < -0.3 is 14.4 Å². The smallest absolute Gasteiger partial charge is 0.255 e. The van der Waals surface area contributed by atoms with E-state index in [1.54, 1.807) is 48.3 Å². The Morgan fingerprint density at radius 2 is 1.95 bits per heavy atom. The number of hydrogen-bond acceptors (Lipinski definition) is 4. The number of aromatic nitrogens is 1. The molecule has 2 rings (SSSR count). The van der Waals surface area contributed by atoms with Gasteiger partial charge in [-0.05, 0) is 30.3 Å². The maximum absolute atomic E-state index is 12.2. The Morgan fingerprint density at radius 1 is 1.23 bits per heavy atom. The highest BCUT2D eigenvalue weighted by Crippen LogP contribution is 2.15. The third-order valence-electron chi connectivity index (χ3n) is 3.05. The van der Waals surface area contributed by atoms with Crippen LogP contribution >= 0.6 is 11.6 Å². The molecule has 0 aliphatic heterocycles. The van der Waals surface area contributed by atoms with Gasteiger partial charge in [0.25, 0.3) is 5.91 Å².